The molecule has 2 heterocycles. The van der Waals surface area contributed by atoms with Gasteiger partial charge in [-0.05, 0) is 94.3 Å². The molecule has 0 aliphatic carbocycles. The second-order valence-corrected chi connectivity index (χ2v) is 13.7. The van der Waals surface area contributed by atoms with Crippen LogP contribution in [-0.2, 0) is 20.6 Å². The maximum absolute atomic E-state index is 13.0. The minimum atomic E-state index is -1.09. The summed E-state index contributed by atoms with van der Waals surface area (Å²) >= 11 is 0. The average molecular weight is 725 g/mol. The van der Waals surface area contributed by atoms with Crippen LogP contribution in [0.2, 0.25) is 0 Å². The summed E-state index contributed by atoms with van der Waals surface area (Å²) in [6.07, 6.45) is 0.587. The van der Waals surface area contributed by atoms with Gasteiger partial charge in [0.05, 0.1) is 44.2 Å². The van der Waals surface area contributed by atoms with Crippen LogP contribution in [0, 0.1) is 13.8 Å². The Morgan fingerprint density at radius 1 is 0.811 bits per heavy atom. The minimum Gasteiger partial charge on any atom is -0.493 e. The van der Waals surface area contributed by atoms with E-state index >= 15 is 0 Å². The lowest BCUT2D eigenvalue weighted by molar-refractivity contribution is 0.0400. The number of carbonyl (C=O) groups excluding carboxylic acids is 2. The standard InChI is InChI=1S/C41H48N4O8/c1-27-25-30(38(46)42-18-21-50-23-24-51-22-19-43-40(49)53-41(3,4)5)26-28(2)36(27)34-16-9-15-33-32(37(39(47)48)44-45(33)34)14-10-20-52-35-17-8-12-29-11-6-7-13-31(29)35/h6-9,11-13,15-17,25-26H,10,14,18-24H2,1-5H3,(H,42,46)(H,43,49)(H,47,48). The Labute approximate surface area is 309 Å². The summed E-state index contributed by atoms with van der Waals surface area (Å²) in [7, 11) is 0. The average Bonchev–Trinajstić information content (AvgIpc) is 3.49. The molecular weight excluding hydrogens is 676 g/mol. The smallest absolute Gasteiger partial charge is 0.407 e. The second-order valence-electron chi connectivity index (χ2n) is 13.7. The van der Waals surface area contributed by atoms with Crippen molar-refractivity contribution in [3.8, 4) is 17.0 Å². The van der Waals surface area contributed by atoms with Gasteiger partial charge in [0, 0.05) is 35.2 Å². The number of carboxylic acid groups (broad SMARTS) is 1. The Morgan fingerprint density at radius 2 is 1.47 bits per heavy atom. The van der Waals surface area contributed by atoms with E-state index < -0.39 is 17.7 Å². The third kappa shape index (κ3) is 10.3. The van der Waals surface area contributed by atoms with Gasteiger partial charge < -0.3 is 34.7 Å². The second kappa shape index (κ2) is 17.8. The first-order chi connectivity index (χ1) is 25.4. The van der Waals surface area contributed by atoms with Crippen molar-refractivity contribution in [1.82, 2.24) is 20.2 Å². The number of aromatic nitrogens is 2. The van der Waals surface area contributed by atoms with E-state index in [1.807, 2.05) is 86.6 Å². The van der Waals surface area contributed by atoms with Crippen molar-refractivity contribution in [2.24, 2.45) is 0 Å². The number of ether oxygens (including phenoxy) is 4. The number of pyridine rings is 1. The zero-order valence-corrected chi connectivity index (χ0v) is 31.0. The van der Waals surface area contributed by atoms with Crippen molar-refractivity contribution < 1.29 is 38.4 Å². The van der Waals surface area contributed by atoms with Crippen LogP contribution < -0.4 is 15.4 Å². The van der Waals surface area contributed by atoms with Gasteiger partial charge in [0.15, 0.2) is 5.69 Å². The van der Waals surface area contributed by atoms with Gasteiger partial charge in [0.2, 0.25) is 0 Å². The lowest BCUT2D eigenvalue weighted by atomic mass is 9.96. The first kappa shape index (κ1) is 38.8. The molecule has 0 spiro atoms. The van der Waals surface area contributed by atoms with Gasteiger partial charge in [0.25, 0.3) is 5.91 Å². The molecule has 0 aliphatic heterocycles. The number of fused-ring (bicyclic) bond motifs is 2. The molecule has 0 aliphatic rings. The molecule has 0 atom stereocenters. The van der Waals surface area contributed by atoms with Gasteiger partial charge in [-0.3, -0.25) is 4.79 Å². The summed E-state index contributed by atoms with van der Waals surface area (Å²) in [6.45, 7) is 11.7. The van der Waals surface area contributed by atoms with Crippen molar-refractivity contribution in [2.75, 3.05) is 46.1 Å². The van der Waals surface area contributed by atoms with Crippen LogP contribution in [-0.4, -0.2) is 84.4 Å². The van der Waals surface area contributed by atoms with Gasteiger partial charge in [0.1, 0.15) is 11.4 Å². The number of alkyl carbamates (subject to hydrolysis) is 1. The molecule has 12 heteroatoms. The highest BCUT2D eigenvalue weighted by atomic mass is 16.6. The molecule has 53 heavy (non-hydrogen) atoms. The number of carboxylic acids is 1. The molecule has 5 rings (SSSR count). The Morgan fingerprint density at radius 3 is 2.17 bits per heavy atom. The molecule has 0 saturated heterocycles. The van der Waals surface area contributed by atoms with Crippen LogP contribution >= 0.6 is 0 Å². The number of hydrogen-bond acceptors (Lipinski definition) is 8. The Kier molecular flexibility index (Phi) is 13.1. The van der Waals surface area contributed by atoms with E-state index in [-0.39, 0.29) is 11.6 Å². The Hall–Kier alpha value is -5.46. The van der Waals surface area contributed by atoms with Crippen LogP contribution in [0.1, 0.15) is 64.7 Å². The topological polar surface area (TPSA) is 150 Å². The van der Waals surface area contributed by atoms with Crippen LogP contribution in [0.25, 0.3) is 27.5 Å². The summed E-state index contributed by atoms with van der Waals surface area (Å²) in [5.74, 6) is -0.520. The molecule has 2 amide bonds. The van der Waals surface area contributed by atoms with E-state index in [1.165, 1.54) is 0 Å². The molecule has 0 bridgehead atoms. The molecule has 3 N–H and O–H groups in total. The molecule has 0 saturated carbocycles. The lowest BCUT2D eigenvalue weighted by Gasteiger charge is -2.19. The minimum absolute atomic E-state index is 0.0119. The van der Waals surface area contributed by atoms with E-state index in [0.717, 1.165) is 38.9 Å². The van der Waals surface area contributed by atoms with Gasteiger partial charge >= 0.3 is 12.1 Å². The van der Waals surface area contributed by atoms with Crippen LogP contribution in [0.3, 0.4) is 0 Å². The Bertz CT molecular complexity index is 2040. The number of rotatable bonds is 17. The SMILES string of the molecule is Cc1cc(C(=O)NCCOCCOCCNC(=O)OC(C)(C)C)cc(C)c1-c1cccc2c(CCCOc3cccc4ccccc34)c(C(=O)O)nn12. The van der Waals surface area contributed by atoms with E-state index in [4.69, 9.17) is 18.9 Å². The quantitative estimate of drug-likeness (QED) is 0.0884. The van der Waals surface area contributed by atoms with E-state index in [0.29, 0.717) is 75.6 Å². The first-order valence-corrected chi connectivity index (χ1v) is 17.8. The molecule has 280 valence electrons. The first-order valence-electron chi connectivity index (χ1n) is 17.8. The molecule has 3 aromatic carbocycles. The highest BCUT2D eigenvalue weighted by molar-refractivity contribution is 5.96. The number of hydrogen-bond donors (Lipinski definition) is 3. The molecule has 5 aromatic rings. The summed E-state index contributed by atoms with van der Waals surface area (Å²) in [5, 5.41) is 22.3. The number of aryl methyl sites for hydroxylation is 3. The van der Waals surface area contributed by atoms with Gasteiger partial charge in [-0.1, -0.05) is 42.5 Å². The number of amides is 2. The fourth-order valence-corrected chi connectivity index (χ4v) is 6.18. The van der Waals surface area contributed by atoms with E-state index in [9.17, 15) is 19.5 Å². The maximum Gasteiger partial charge on any atom is 0.407 e. The molecule has 2 aromatic heterocycles. The third-order valence-corrected chi connectivity index (χ3v) is 8.41. The summed E-state index contributed by atoms with van der Waals surface area (Å²) in [5.41, 5.74) is 4.66. The fourth-order valence-electron chi connectivity index (χ4n) is 6.18. The summed E-state index contributed by atoms with van der Waals surface area (Å²) < 4.78 is 24.0. The molecule has 0 unspecified atom stereocenters. The molecule has 12 nitrogen and oxygen atoms in total. The van der Waals surface area contributed by atoms with Gasteiger partial charge in [-0.25, -0.2) is 14.1 Å². The maximum atomic E-state index is 13.0. The van der Waals surface area contributed by atoms with Gasteiger partial charge in [-0.2, -0.15) is 5.10 Å². The summed E-state index contributed by atoms with van der Waals surface area (Å²) in [6, 6.07) is 23.3. The number of carbonyl (C=O) groups is 3. The van der Waals surface area contributed by atoms with Crippen LogP contribution in [0.15, 0.2) is 72.8 Å². The fraction of sp³-hybridized carbons (Fsp3) is 0.366. The number of nitrogens with one attached hydrogen (secondary N) is 2. The number of aromatic carboxylic acids is 1. The predicted molar refractivity (Wildman–Crippen MR) is 203 cm³/mol. The van der Waals surface area contributed by atoms with E-state index in [2.05, 4.69) is 15.7 Å². The van der Waals surface area contributed by atoms with Crippen molar-refractivity contribution in [1.29, 1.82) is 0 Å². The molecule has 0 fully saturated rings. The highest BCUT2D eigenvalue weighted by Gasteiger charge is 2.22. The Balaban J connectivity index is 1.15. The van der Waals surface area contributed by atoms with Crippen molar-refractivity contribution in [2.45, 2.75) is 53.1 Å². The lowest BCUT2D eigenvalue weighted by Crippen LogP contribution is -2.34. The number of benzene rings is 3. The monoisotopic (exact) mass is 724 g/mol. The van der Waals surface area contributed by atoms with Crippen LogP contribution in [0.5, 0.6) is 5.75 Å². The van der Waals surface area contributed by atoms with Crippen LogP contribution in [0.4, 0.5) is 4.79 Å². The van der Waals surface area contributed by atoms with E-state index in [1.54, 1.807) is 25.3 Å². The predicted octanol–water partition coefficient (Wildman–Crippen LogP) is 6.77. The zero-order valence-electron chi connectivity index (χ0n) is 31.0. The zero-order chi connectivity index (χ0) is 38.0. The van der Waals surface area contributed by atoms with Crippen molar-refractivity contribution in [3.63, 3.8) is 0 Å². The van der Waals surface area contributed by atoms with Crippen molar-refractivity contribution >= 4 is 34.3 Å². The van der Waals surface area contributed by atoms with Crippen molar-refractivity contribution in [3.05, 3.63) is 101 Å². The third-order valence-electron chi connectivity index (χ3n) is 8.41. The number of nitrogens with zero attached hydrogens (tertiary/aromatic N) is 2. The normalized spacial score (nSPS) is 11.5. The highest BCUT2D eigenvalue weighted by Crippen LogP contribution is 2.31. The molecular formula is C41H48N4O8. The van der Waals surface area contributed by atoms with Gasteiger partial charge in [-0.15, -0.1) is 0 Å². The molecule has 0 radical (unpaired) electrons. The largest absolute Gasteiger partial charge is 0.493 e. The summed E-state index contributed by atoms with van der Waals surface area (Å²) in [4.78, 5) is 37.0.